The van der Waals surface area contributed by atoms with E-state index in [1.54, 1.807) is 24.1 Å². The molecular weight excluding hydrogens is 580 g/mol. The lowest BCUT2D eigenvalue weighted by molar-refractivity contribution is -0.0390. The number of methoxy groups -OCH3 is 1. The van der Waals surface area contributed by atoms with Gasteiger partial charge < -0.3 is 14.4 Å². The SMILES string of the molecule is CC[C@@H]1CN(c2nc(=O)n(Cc3ccc(OC)cc3)c3cn(C4CCCCO4)nc23)[C@@H](C)CN1C(C)c1ccc2nccnc2c1. The van der Waals surface area contributed by atoms with Crippen molar-refractivity contribution in [2.24, 2.45) is 0 Å². The van der Waals surface area contributed by atoms with Gasteiger partial charge in [-0.25, -0.2) is 9.48 Å². The van der Waals surface area contributed by atoms with Crippen LogP contribution in [0.1, 0.15) is 69.9 Å². The highest BCUT2D eigenvalue weighted by atomic mass is 16.5. The summed E-state index contributed by atoms with van der Waals surface area (Å²) in [4.78, 5) is 32.4. The van der Waals surface area contributed by atoms with E-state index < -0.39 is 0 Å². The lowest BCUT2D eigenvalue weighted by atomic mass is 9.98. The Morgan fingerprint density at radius 2 is 1.85 bits per heavy atom. The molecule has 5 heterocycles. The molecule has 0 aliphatic carbocycles. The number of anilines is 1. The van der Waals surface area contributed by atoms with Crippen LogP contribution in [0.3, 0.4) is 0 Å². The minimum absolute atomic E-state index is 0.106. The molecule has 2 unspecified atom stereocenters. The fourth-order valence-corrected chi connectivity index (χ4v) is 7.02. The molecule has 5 aromatic rings. The average Bonchev–Trinajstić information content (AvgIpc) is 3.55. The third kappa shape index (κ3) is 5.73. The molecule has 7 rings (SSSR count). The second-order valence-corrected chi connectivity index (χ2v) is 12.6. The Hall–Kier alpha value is -4.35. The molecule has 240 valence electrons. The van der Waals surface area contributed by atoms with Crippen molar-refractivity contribution in [2.75, 3.05) is 31.7 Å². The fraction of sp³-hybridized carbons (Fsp3) is 0.457. The molecule has 11 nitrogen and oxygen atoms in total. The first-order chi connectivity index (χ1) is 22.4. The van der Waals surface area contributed by atoms with Gasteiger partial charge in [-0.2, -0.15) is 10.1 Å². The van der Waals surface area contributed by atoms with Crippen LogP contribution < -0.4 is 15.3 Å². The third-order valence-corrected chi connectivity index (χ3v) is 9.70. The summed E-state index contributed by atoms with van der Waals surface area (Å²) in [6, 6.07) is 14.7. The molecule has 0 radical (unpaired) electrons. The van der Waals surface area contributed by atoms with Crippen molar-refractivity contribution >= 4 is 27.9 Å². The number of aromatic nitrogens is 6. The van der Waals surface area contributed by atoms with Gasteiger partial charge in [0.15, 0.2) is 11.3 Å². The average molecular weight is 623 g/mol. The molecule has 2 fully saturated rings. The second-order valence-electron chi connectivity index (χ2n) is 12.6. The topological polar surface area (TPSA) is 103 Å². The van der Waals surface area contributed by atoms with E-state index in [0.29, 0.717) is 19.0 Å². The smallest absolute Gasteiger partial charge is 0.350 e. The van der Waals surface area contributed by atoms with Crippen LogP contribution >= 0.6 is 0 Å². The molecule has 46 heavy (non-hydrogen) atoms. The summed E-state index contributed by atoms with van der Waals surface area (Å²) >= 11 is 0. The van der Waals surface area contributed by atoms with Gasteiger partial charge in [-0.1, -0.05) is 25.1 Å². The first-order valence-corrected chi connectivity index (χ1v) is 16.4. The van der Waals surface area contributed by atoms with Gasteiger partial charge in [0, 0.05) is 50.2 Å². The Morgan fingerprint density at radius 1 is 1.04 bits per heavy atom. The van der Waals surface area contributed by atoms with E-state index in [0.717, 1.165) is 72.2 Å². The highest BCUT2D eigenvalue weighted by Crippen LogP contribution is 2.34. The molecular formula is C35H42N8O3. The highest BCUT2D eigenvalue weighted by molar-refractivity contribution is 5.86. The first-order valence-electron chi connectivity index (χ1n) is 16.4. The summed E-state index contributed by atoms with van der Waals surface area (Å²) in [5.74, 6) is 1.43. The number of hydrogen-bond donors (Lipinski definition) is 0. The number of benzene rings is 2. The van der Waals surface area contributed by atoms with Crippen molar-refractivity contribution in [1.29, 1.82) is 0 Å². The molecule has 2 saturated heterocycles. The molecule has 0 N–H and O–H groups in total. The fourth-order valence-electron chi connectivity index (χ4n) is 7.02. The molecule has 4 atom stereocenters. The van der Waals surface area contributed by atoms with E-state index in [4.69, 9.17) is 19.6 Å². The maximum absolute atomic E-state index is 13.8. The Balaban J connectivity index is 1.23. The zero-order valence-corrected chi connectivity index (χ0v) is 27.0. The minimum atomic E-state index is -0.282. The van der Waals surface area contributed by atoms with Crippen molar-refractivity contribution in [3.8, 4) is 5.75 Å². The van der Waals surface area contributed by atoms with Crippen LogP contribution in [0.2, 0.25) is 0 Å². The molecule has 2 aliphatic heterocycles. The van der Waals surface area contributed by atoms with E-state index in [2.05, 4.69) is 58.7 Å². The first kappa shape index (κ1) is 30.3. The predicted octanol–water partition coefficient (Wildman–Crippen LogP) is 5.34. The Kier molecular flexibility index (Phi) is 8.44. The van der Waals surface area contributed by atoms with Crippen LogP contribution in [0.15, 0.2) is 65.8 Å². The Labute approximate surface area is 268 Å². The summed E-state index contributed by atoms with van der Waals surface area (Å²) in [5, 5.41) is 5.08. The molecule has 11 heteroatoms. The van der Waals surface area contributed by atoms with Crippen LogP contribution in [0.4, 0.5) is 5.82 Å². The summed E-state index contributed by atoms with van der Waals surface area (Å²) < 4.78 is 15.1. The van der Waals surface area contributed by atoms with Gasteiger partial charge in [0.05, 0.1) is 36.4 Å². The summed E-state index contributed by atoms with van der Waals surface area (Å²) in [5.41, 5.74) is 5.24. The molecule has 3 aromatic heterocycles. The van der Waals surface area contributed by atoms with Gasteiger partial charge in [0.25, 0.3) is 0 Å². The van der Waals surface area contributed by atoms with Gasteiger partial charge in [-0.15, -0.1) is 0 Å². The molecule has 0 saturated carbocycles. The number of ether oxygens (including phenoxy) is 2. The Morgan fingerprint density at radius 3 is 2.59 bits per heavy atom. The van der Waals surface area contributed by atoms with E-state index in [-0.39, 0.29) is 30.0 Å². The van der Waals surface area contributed by atoms with Crippen molar-refractivity contribution in [1.82, 2.24) is 34.2 Å². The zero-order valence-electron chi connectivity index (χ0n) is 27.0. The number of hydrogen-bond acceptors (Lipinski definition) is 9. The molecule has 0 spiro atoms. The van der Waals surface area contributed by atoms with Crippen molar-refractivity contribution in [3.63, 3.8) is 0 Å². The number of nitrogens with zero attached hydrogens (tertiary/aromatic N) is 8. The van der Waals surface area contributed by atoms with Crippen molar-refractivity contribution in [3.05, 3.63) is 82.7 Å². The van der Waals surface area contributed by atoms with Crippen molar-refractivity contribution < 1.29 is 9.47 Å². The normalized spacial score (nSPS) is 21.6. The largest absolute Gasteiger partial charge is 0.497 e. The highest BCUT2D eigenvalue weighted by Gasteiger charge is 2.36. The Bertz CT molecular complexity index is 1880. The molecule has 0 amide bonds. The maximum atomic E-state index is 13.8. The summed E-state index contributed by atoms with van der Waals surface area (Å²) in [7, 11) is 1.65. The standard InChI is InChI=1S/C35H42N8O3/c1-5-27-21-40(23(2)19-41(27)24(3)26-11-14-29-30(18-26)37-16-15-36-29)34-33-31(22-43(39-33)32-8-6-7-17-46-32)42(35(44)38-34)20-25-9-12-28(45-4)13-10-25/h9-16,18,22-24,27,32H,5-8,17,19-21H2,1-4H3/t23-,24?,27+,32?/m0/s1. The van der Waals surface area contributed by atoms with Gasteiger partial charge in [0.1, 0.15) is 12.0 Å². The predicted molar refractivity (Wildman–Crippen MR) is 178 cm³/mol. The minimum Gasteiger partial charge on any atom is -0.497 e. The lowest BCUT2D eigenvalue weighted by Gasteiger charge is -2.48. The summed E-state index contributed by atoms with van der Waals surface area (Å²) in [6.07, 6.45) is 9.29. The number of rotatable bonds is 8. The van der Waals surface area contributed by atoms with Crippen LogP contribution in [0.25, 0.3) is 22.1 Å². The van der Waals surface area contributed by atoms with Crippen LogP contribution in [0, 0.1) is 0 Å². The number of piperazine rings is 1. The van der Waals surface area contributed by atoms with Crippen LogP contribution in [-0.4, -0.2) is 73.1 Å². The van der Waals surface area contributed by atoms with Crippen LogP contribution in [0.5, 0.6) is 5.75 Å². The zero-order chi connectivity index (χ0) is 31.8. The van der Waals surface area contributed by atoms with E-state index in [1.165, 1.54) is 5.56 Å². The maximum Gasteiger partial charge on any atom is 0.350 e. The monoisotopic (exact) mass is 622 g/mol. The van der Waals surface area contributed by atoms with Gasteiger partial charge in [0.2, 0.25) is 0 Å². The van der Waals surface area contributed by atoms with E-state index in [1.807, 2.05) is 35.1 Å². The quantitative estimate of drug-likeness (QED) is 0.227. The van der Waals surface area contributed by atoms with E-state index in [9.17, 15) is 4.79 Å². The second kappa shape index (κ2) is 12.8. The summed E-state index contributed by atoms with van der Waals surface area (Å²) in [6.45, 7) is 9.38. The van der Waals surface area contributed by atoms with Gasteiger partial charge >= 0.3 is 5.69 Å². The molecule has 0 bridgehead atoms. The lowest BCUT2D eigenvalue weighted by Crippen LogP contribution is -2.58. The molecule has 2 aromatic carbocycles. The van der Waals surface area contributed by atoms with E-state index >= 15 is 0 Å². The van der Waals surface area contributed by atoms with Gasteiger partial charge in [-0.05, 0) is 74.9 Å². The van der Waals surface area contributed by atoms with Crippen molar-refractivity contribution in [2.45, 2.75) is 77.4 Å². The van der Waals surface area contributed by atoms with Crippen LogP contribution in [-0.2, 0) is 11.3 Å². The number of fused-ring (bicyclic) bond motifs is 2. The third-order valence-electron chi connectivity index (χ3n) is 9.70. The molecule has 2 aliphatic rings. The van der Waals surface area contributed by atoms with Gasteiger partial charge in [-0.3, -0.25) is 19.4 Å².